The molecule has 0 unspecified atom stereocenters. The number of aryl methyl sites for hydroxylation is 1. The van der Waals surface area contributed by atoms with Crippen LogP contribution < -0.4 is 10.1 Å². The highest BCUT2D eigenvalue weighted by atomic mass is 19.1. The van der Waals surface area contributed by atoms with Crippen LogP contribution in [0.3, 0.4) is 0 Å². The van der Waals surface area contributed by atoms with Crippen LogP contribution >= 0.6 is 0 Å². The van der Waals surface area contributed by atoms with Gasteiger partial charge in [-0.2, -0.15) is 0 Å². The predicted molar refractivity (Wildman–Crippen MR) is 72.8 cm³/mol. The molecular formula is C14H18FN3O. The van der Waals surface area contributed by atoms with Crippen LogP contribution in [-0.4, -0.2) is 16.2 Å². The Balaban J connectivity index is 2.02. The zero-order valence-electron chi connectivity index (χ0n) is 11.2. The molecule has 0 spiro atoms. The quantitative estimate of drug-likeness (QED) is 0.870. The van der Waals surface area contributed by atoms with E-state index >= 15 is 0 Å². The predicted octanol–water partition coefficient (Wildman–Crippen LogP) is 3.05. The maximum Gasteiger partial charge on any atom is 0.167 e. The summed E-state index contributed by atoms with van der Waals surface area (Å²) in [7, 11) is 0. The van der Waals surface area contributed by atoms with Crippen LogP contribution in [0.5, 0.6) is 5.75 Å². The summed E-state index contributed by atoms with van der Waals surface area (Å²) >= 11 is 0. The Morgan fingerprint density at radius 2 is 2.21 bits per heavy atom. The summed E-state index contributed by atoms with van der Waals surface area (Å²) in [5.41, 5.74) is 1.79. The molecule has 1 N–H and O–H groups in total. The van der Waals surface area contributed by atoms with E-state index in [4.69, 9.17) is 4.74 Å². The van der Waals surface area contributed by atoms with Crippen molar-refractivity contribution in [1.29, 1.82) is 0 Å². The average Bonchev–Trinajstić information content (AvgIpc) is 2.87. The summed E-state index contributed by atoms with van der Waals surface area (Å²) in [5.74, 6) is -0.0671. The van der Waals surface area contributed by atoms with Crippen molar-refractivity contribution in [2.24, 2.45) is 0 Å². The molecule has 0 aliphatic carbocycles. The van der Waals surface area contributed by atoms with E-state index in [9.17, 15) is 4.39 Å². The van der Waals surface area contributed by atoms with Gasteiger partial charge in [-0.05, 0) is 26.0 Å². The fourth-order valence-electron chi connectivity index (χ4n) is 1.86. The third-order valence-electron chi connectivity index (χ3n) is 2.84. The molecule has 0 fully saturated rings. The number of imidazole rings is 1. The van der Waals surface area contributed by atoms with Gasteiger partial charge in [-0.1, -0.05) is 0 Å². The molecular weight excluding hydrogens is 245 g/mol. The fourth-order valence-corrected chi connectivity index (χ4v) is 1.86. The van der Waals surface area contributed by atoms with Gasteiger partial charge < -0.3 is 14.6 Å². The lowest BCUT2D eigenvalue weighted by atomic mass is 10.3. The summed E-state index contributed by atoms with van der Waals surface area (Å²) in [6.45, 7) is 5.83. The molecule has 1 aromatic carbocycles. The van der Waals surface area contributed by atoms with E-state index < -0.39 is 0 Å². The highest BCUT2D eigenvalue weighted by molar-refractivity contribution is 5.47. The van der Waals surface area contributed by atoms with Crippen molar-refractivity contribution in [2.45, 2.75) is 26.9 Å². The number of nitrogens with zero attached hydrogens (tertiary/aromatic N) is 2. The summed E-state index contributed by atoms with van der Waals surface area (Å²) in [6, 6.07) is 4.89. The number of anilines is 1. The topological polar surface area (TPSA) is 39.1 Å². The molecule has 0 bridgehead atoms. The minimum atomic E-state index is -0.351. The van der Waals surface area contributed by atoms with E-state index in [1.165, 1.54) is 6.07 Å². The number of halogens is 1. The second kappa shape index (κ2) is 6.22. The van der Waals surface area contributed by atoms with E-state index in [0.717, 1.165) is 17.9 Å². The minimum Gasteiger partial charge on any atom is -0.491 e. The molecule has 19 heavy (non-hydrogen) atoms. The number of hydrogen-bond acceptors (Lipinski definition) is 3. The van der Waals surface area contributed by atoms with Gasteiger partial charge in [0.25, 0.3) is 0 Å². The van der Waals surface area contributed by atoms with Crippen molar-refractivity contribution < 1.29 is 9.13 Å². The van der Waals surface area contributed by atoms with Gasteiger partial charge in [-0.25, -0.2) is 9.37 Å². The van der Waals surface area contributed by atoms with Crippen LogP contribution in [0.25, 0.3) is 0 Å². The molecule has 1 aromatic heterocycles. The maximum atomic E-state index is 13.7. The first-order chi connectivity index (χ1) is 9.24. The van der Waals surface area contributed by atoms with E-state index in [2.05, 4.69) is 17.2 Å². The molecule has 0 saturated heterocycles. The molecule has 0 atom stereocenters. The van der Waals surface area contributed by atoms with Crippen LogP contribution in [-0.2, 0) is 13.1 Å². The second-order valence-electron chi connectivity index (χ2n) is 4.10. The maximum absolute atomic E-state index is 13.7. The van der Waals surface area contributed by atoms with Crippen LogP contribution in [0, 0.1) is 5.82 Å². The van der Waals surface area contributed by atoms with Crippen LogP contribution in [0.15, 0.2) is 30.7 Å². The Bertz CT molecular complexity index is 539. The monoisotopic (exact) mass is 263 g/mol. The summed E-state index contributed by atoms with van der Waals surface area (Å²) < 4.78 is 20.9. The number of nitrogens with one attached hydrogen (secondary N) is 1. The molecule has 0 aliphatic rings. The third-order valence-corrected chi connectivity index (χ3v) is 2.84. The van der Waals surface area contributed by atoms with Gasteiger partial charge in [0.2, 0.25) is 0 Å². The molecule has 0 saturated carbocycles. The van der Waals surface area contributed by atoms with Gasteiger partial charge in [-0.3, -0.25) is 0 Å². The Labute approximate surface area is 112 Å². The van der Waals surface area contributed by atoms with Crippen molar-refractivity contribution >= 4 is 5.69 Å². The first-order valence-electron chi connectivity index (χ1n) is 6.39. The Morgan fingerprint density at radius 3 is 2.89 bits per heavy atom. The number of benzene rings is 1. The largest absolute Gasteiger partial charge is 0.491 e. The van der Waals surface area contributed by atoms with Gasteiger partial charge in [0.15, 0.2) is 11.6 Å². The summed E-state index contributed by atoms with van der Waals surface area (Å²) in [4.78, 5) is 4.09. The Morgan fingerprint density at radius 1 is 1.37 bits per heavy atom. The van der Waals surface area contributed by atoms with Crippen molar-refractivity contribution in [3.63, 3.8) is 0 Å². The van der Waals surface area contributed by atoms with Gasteiger partial charge >= 0.3 is 0 Å². The lowest BCUT2D eigenvalue weighted by Crippen LogP contribution is -2.06. The molecule has 1 heterocycles. The molecule has 0 aliphatic heterocycles. The van der Waals surface area contributed by atoms with Crippen molar-refractivity contribution in [2.75, 3.05) is 11.9 Å². The SMILES string of the molecule is CCOc1ccc(NCc2cncn2CC)cc1F. The third kappa shape index (κ3) is 3.24. The lowest BCUT2D eigenvalue weighted by Gasteiger charge is -2.10. The van der Waals surface area contributed by atoms with Gasteiger partial charge in [0.1, 0.15) is 0 Å². The Kier molecular flexibility index (Phi) is 4.39. The van der Waals surface area contributed by atoms with Crippen molar-refractivity contribution in [3.05, 3.63) is 42.2 Å². The molecule has 0 amide bonds. The number of hydrogen-bond donors (Lipinski definition) is 1. The molecule has 102 valence electrons. The molecule has 0 radical (unpaired) electrons. The molecule has 4 nitrogen and oxygen atoms in total. The molecule has 5 heteroatoms. The van der Waals surface area contributed by atoms with Crippen LogP contribution in [0.4, 0.5) is 10.1 Å². The van der Waals surface area contributed by atoms with E-state index in [1.807, 2.05) is 11.5 Å². The van der Waals surface area contributed by atoms with Gasteiger partial charge in [0, 0.05) is 24.5 Å². The number of ether oxygens (including phenoxy) is 1. The second-order valence-corrected chi connectivity index (χ2v) is 4.10. The molecule has 2 rings (SSSR count). The van der Waals surface area contributed by atoms with Crippen molar-refractivity contribution in [3.8, 4) is 5.75 Å². The van der Waals surface area contributed by atoms with E-state index in [1.54, 1.807) is 24.7 Å². The highest BCUT2D eigenvalue weighted by Gasteiger charge is 2.05. The van der Waals surface area contributed by atoms with Gasteiger partial charge in [-0.15, -0.1) is 0 Å². The fraction of sp³-hybridized carbons (Fsp3) is 0.357. The van der Waals surface area contributed by atoms with E-state index in [-0.39, 0.29) is 11.6 Å². The molecule has 2 aromatic rings. The van der Waals surface area contributed by atoms with Crippen LogP contribution in [0.1, 0.15) is 19.5 Å². The highest BCUT2D eigenvalue weighted by Crippen LogP contribution is 2.21. The summed E-state index contributed by atoms with van der Waals surface area (Å²) in [6.07, 6.45) is 3.59. The smallest absolute Gasteiger partial charge is 0.167 e. The zero-order chi connectivity index (χ0) is 13.7. The van der Waals surface area contributed by atoms with Crippen LogP contribution in [0.2, 0.25) is 0 Å². The normalized spacial score (nSPS) is 10.5. The zero-order valence-corrected chi connectivity index (χ0v) is 11.2. The Hall–Kier alpha value is -2.04. The van der Waals surface area contributed by atoms with E-state index in [0.29, 0.717) is 13.2 Å². The minimum absolute atomic E-state index is 0.284. The number of rotatable bonds is 6. The first-order valence-corrected chi connectivity index (χ1v) is 6.39. The number of aromatic nitrogens is 2. The standard InChI is InChI=1S/C14H18FN3O/c1-3-18-10-16-8-12(18)9-17-11-5-6-14(19-4-2)13(15)7-11/h5-8,10,17H,3-4,9H2,1-2H3. The lowest BCUT2D eigenvalue weighted by molar-refractivity contribution is 0.321. The van der Waals surface area contributed by atoms with Gasteiger partial charge in [0.05, 0.1) is 25.2 Å². The summed E-state index contributed by atoms with van der Waals surface area (Å²) in [5, 5.41) is 3.18. The average molecular weight is 263 g/mol. The van der Waals surface area contributed by atoms with Crippen molar-refractivity contribution in [1.82, 2.24) is 9.55 Å². The first kappa shape index (κ1) is 13.4.